The number of piperazine rings is 1. The first-order valence-corrected chi connectivity index (χ1v) is 8.92. The maximum atomic E-state index is 12.7. The monoisotopic (exact) mass is 360 g/mol. The highest BCUT2D eigenvalue weighted by Crippen LogP contribution is 2.16. The molecule has 1 aliphatic rings. The van der Waals surface area contributed by atoms with E-state index >= 15 is 0 Å². The maximum absolute atomic E-state index is 12.7. The van der Waals surface area contributed by atoms with Gasteiger partial charge in [0.05, 0.1) is 24.2 Å². The number of carbonyl (C=O) groups excluding carboxylic acids is 2. The molecule has 0 aliphatic carbocycles. The van der Waals surface area contributed by atoms with Crippen LogP contribution in [0.25, 0.3) is 11.0 Å². The van der Waals surface area contributed by atoms with E-state index in [1.165, 1.54) is 0 Å². The third-order valence-corrected chi connectivity index (χ3v) is 4.67. The fourth-order valence-electron chi connectivity index (χ4n) is 3.22. The molecule has 2 aromatic rings. The lowest BCUT2D eigenvalue weighted by molar-refractivity contribution is -0.134. The van der Waals surface area contributed by atoms with Gasteiger partial charge in [-0.05, 0) is 32.0 Å². The molecule has 26 heavy (non-hydrogen) atoms. The van der Waals surface area contributed by atoms with Gasteiger partial charge >= 0.3 is 5.69 Å². The topological polar surface area (TPSA) is 87.6 Å². The Balaban J connectivity index is 1.80. The van der Waals surface area contributed by atoms with E-state index in [0.717, 1.165) is 5.52 Å². The number of carbonyl (C=O) groups is 2. The normalized spacial score (nSPS) is 15.1. The number of rotatable bonds is 6. The van der Waals surface area contributed by atoms with Gasteiger partial charge in [-0.1, -0.05) is 0 Å². The smallest absolute Gasteiger partial charge is 0.326 e. The van der Waals surface area contributed by atoms with Crippen molar-refractivity contribution in [2.75, 3.05) is 39.4 Å². The molecule has 1 fully saturated rings. The molecule has 1 aromatic heterocycles. The molecule has 1 N–H and O–H groups in total. The van der Waals surface area contributed by atoms with Crippen LogP contribution in [0.2, 0.25) is 0 Å². The molecule has 1 aromatic carbocycles. The maximum Gasteiger partial charge on any atom is 0.326 e. The van der Waals surface area contributed by atoms with Crippen LogP contribution in [0.1, 0.15) is 24.2 Å². The largest absolute Gasteiger partial charge is 0.380 e. The number of H-pyrrole nitrogens is 1. The van der Waals surface area contributed by atoms with Gasteiger partial charge in [0.2, 0.25) is 5.91 Å². The minimum Gasteiger partial charge on any atom is -0.380 e. The highest BCUT2D eigenvalue weighted by molar-refractivity contribution is 5.99. The highest BCUT2D eigenvalue weighted by atomic mass is 16.5. The predicted molar refractivity (Wildman–Crippen MR) is 97.2 cm³/mol. The predicted octanol–water partition coefficient (Wildman–Crippen LogP) is 0.670. The van der Waals surface area contributed by atoms with Crippen molar-refractivity contribution in [2.45, 2.75) is 20.4 Å². The summed E-state index contributed by atoms with van der Waals surface area (Å²) in [7, 11) is 0. The Morgan fingerprint density at radius 1 is 1.23 bits per heavy atom. The number of aromatic nitrogens is 2. The molecule has 0 atom stereocenters. The molecule has 0 spiro atoms. The van der Waals surface area contributed by atoms with Crippen molar-refractivity contribution in [3.8, 4) is 0 Å². The summed E-state index contributed by atoms with van der Waals surface area (Å²) in [5.74, 6) is -0.234. The molecule has 1 aliphatic heterocycles. The zero-order valence-corrected chi connectivity index (χ0v) is 15.2. The number of benzene rings is 1. The summed E-state index contributed by atoms with van der Waals surface area (Å²) in [4.78, 5) is 43.0. The van der Waals surface area contributed by atoms with Crippen LogP contribution in [0.15, 0.2) is 23.0 Å². The van der Waals surface area contributed by atoms with E-state index < -0.39 is 0 Å². The standard InChI is InChI=1S/C18H24N4O4/c1-3-20-7-8-21(12-16(20)23)17(24)13-5-6-15-14(11-13)19-18(25)22(15)9-10-26-4-2/h5-6,11H,3-4,7-10,12H2,1-2H3,(H,19,25). The summed E-state index contributed by atoms with van der Waals surface area (Å²) in [6.45, 7) is 7.15. The molecule has 2 amide bonds. The Labute approximate surface area is 151 Å². The van der Waals surface area contributed by atoms with Gasteiger partial charge in [-0.25, -0.2) is 4.79 Å². The lowest BCUT2D eigenvalue weighted by Crippen LogP contribution is -2.52. The first kappa shape index (κ1) is 18.2. The molecule has 8 heteroatoms. The summed E-state index contributed by atoms with van der Waals surface area (Å²) < 4.78 is 6.91. The highest BCUT2D eigenvalue weighted by Gasteiger charge is 2.27. The second-order valence-electron chi connectivity index (χ2n) is 6.21. The Kier molecular flexibility index (Phi) is 5.41. The van der Waals surface area contributed by atoms with Crippen LogP contribution in [0.5, 0.6) is 0 Å². The van der Waals surface area contributed by atoms with E-state index in [2.05, 4.69) is 4.98 Å². The van der Waals surface area contributed by atoms with Crippen LogP contribution >= 0.6 is 0 Å². The number of likely N-dealkylation sites (N-methyl/N-ethyl adjacent to an activating group) is 1. The van der Waals surface area contributed by atoms with Gasteiger partial charge in [0.15, 0.2) is 0 Å². The molecule has 2 heterocycles. The molecule has 1 saturated heterocycles. The van der Waals surface area contributed by atoms with E-state index in [1.807, 2.05) is 13.8 Å². The fourth-order valence-corrected chi connectivity index (χ4v) is 3.22. The summed E-state index contributed by atoms with van der Waals surface area (Å²) >= 11 is 0. The Bertz CT molecular complexity index is 870. The van der Waals surface area contributed by atoms with Crippen molar-refractivity contribution >= 4 is 22.8 Å². The lowest BCUT2D eigenvalue weighted by Gasteiger charge is -2.33. The van der Waals surface area contributed by atoms with Gasteiger partial charge in [0, 0.05) is 31.8 Å². The second-order valence-corrected chi connectivity index (χ2v) is 6.21. The minimum atomic E-state index is -0.226. The molecule has 3 rings (SSSR count). The van der Waals surface area contributed by atoms with Crippen molar-refractivity contribution in [1.82, 2.24) is 19.4 Å². The zero-order valence-electron chi connectivity index (χ0n) is 15.2. The van der Waals surface area contributed by atoms with Crippen molar-refractivity contribution in [3.05, 3.63) is 34.2 Å². The summed E-state index contributed by atoms with van der Waals surface area (Å²) in [6, 6.07) is 5.13. The summed E-state index contributed by atoms with van der Waals surface area (Å²) in [5, 5.41) is 0. The number of nitrogens with one attached hydrogen (secondary N) is 1. The number of ether oxygens (including phenoxy) is 1. The molecule has 0 bridgehead atoms. The third kappa shape index (κ3) is 3.50. The number of nitrogens with zero attached hydrogens (tertiary/aromatic N) is 3. The Morgan fingerprint density at radius 3 is 2.73 bits per heavy atom. The number of imidazole rings is 1. The quantitative estimate of drug-likeness (QED) is 0.767. The van der Waals surface area contributed by atoms with E-state index in [-0.39, 0.29) is 24.0 Å². The molecule has 0 unspecified atom stereocenters. The summed E-state index contributed by atoms with van der Waals surface area (Å²) in [6.07, 6.45) is 0. The average Bonchev–Trinajstić information content (AvgIpc) is 2.96. The van der Waals surface area contributed by atoms with Gasteiger partial charge in [0.25, 0.3) is 5.91 Å². The molecular weight excluding hydrogens is 336 g/mol. The fraction of sp³-hybridized carbons (Fsp3) is 0.500. The van der Waals surface area contributed by atoms with E-state index in [0.29, 0.717) is 50.5 Å². The van der Waals surface area contributed by atoms with Gasteiger partial charge < -0.3 is 19.5 Å². The number of amides is 2. The van der Waals surface area contributed by atoms with Crippen LogP contribution in [0.4, 0.5) is 0 Å². The Morgan fingerprint density at radius 2 is 2.04 bits per heavy atom. The summed E-state index contributed by atoms with van der Waals surface area (Å²) in [5.41, 5.74) is 1.58. The lowest BCUT2D eigenvalue weighted by atomic mass is 10.1. The van der Waals surface area contributed by atoms with Crippen LogP contribution < -0.4 is 5.69 Å². The molecule has 0 radical (unpaired) electrons. The van der Waals surface area contributed by atoms with Crippen molar-refractivity contribution < 1.29 is 14.3 Å². The number of hydrogen-bond acceptors (Lipinski definition) is 4. The average molecular weight is 360 g/mol. The number of fused-ring (bicyclic) bond motifs is 1. The first-order valence-electron chi connectivity index (χ1n) is 8.92. The Hall–Kier alpha value is -2.61. The number of aromatic amines is 1. The van der Waals surface area contributed by atoms with E-state index in [9.17, 15) is 14.4 Å². The van der Waals surface area contributed by atoms with E-state index in [1.54, 1.807) is 32.6 Å². The van der Waals surface area contributed by atoms with Crippen molar-refractivity contribution in [2.24, 2.45) is 0 Å². The van der Waals surface area contributed by atoms with Crippen LogP contribution in [0.3, 0.4) is 0 Å². The van der Waals surface area contributed by atoms with Crippen LogP contribution in [-0.4, -0.2) is 70.6 Å². The van der Waals surface area contributed by atoms with Gasteiger partial charge in [-0.2, -0.15) is 0 Å². The van der Waals surface area contributed by atoms with Crippen LogP contribution in [-0.2, 0) is 16.1 Å². The molecule has 140 valence electrons. The third-order valence-electron chi connectivity index (χ3n) is 4.67. The van der Waals surface area contributed by atoms with Gasteiger partial charge in [-0.3, -0.25) is 14.2 Å². The minimum absolute atomic E-state index is 0.0383. The van der Waals surface area contributed by atoms with Gasteiger partial charge in [-0.15, -0.1) is 0 Å². The van der Waals surface area contributed by atoms with Crippen molar-refractivity contribution in [1.29, 1.82) is 0 Å². The van der Waals surface area contributed by atoms with E-state index in [4.69, 9.17) is 4.74 Å². The second kappa shape index (κ2) is 7.74. The van der Waals surface area contributed by atoms with Gasteiger partial charge in [0.1, 0.15) is 6.54 Å². The molecule has 8 nitrogen and oxygen atoms in total. The van der Waals surface area contributed by atoms with Crippen LogP contribution in [0, 0.1) is 0 Å². The SMILES string of the molecule is CCOCCn1c(=O)[nH]c2cc(C(=O)N3CCN(CC)C(=O)C3)ccc21. The molecule has 0 saturated carbocycles. The first-order chi connectivity index (χ1) is 12.5. The zero-order chi connectivity index (χ0) is 18.7. The van der Waals surface area contributed by atoms with Crippen molar-refractivity contribution in [3.63, 3.8) is 0 Å². The molecular formula is C18H24N4O4. The number of hydrogen-bond donors (Lipinski definition) is 1.